The Labute approximate surface area is 99.9 Å². The number of nitrogens with one attached hydrogen (secondary N) is 1. The molecule has 0 atom stereocenters. The fourth-order valence-corrected chi connectivity index (χ4v) is 1.19. The van der Waals surface area contributed by atoms with Crippen LogP contribution in [0.4, 0.5) is 18.9 Å². The molecule has 5 N–H and O–H groups in total. The van der Waals surface area contributed by atoms with Crippen molar-refractivity contribution in [2.45, 2.75) is 6.18 Å². The third-order valence-corrected chi connectivity index (χ3v) is 2.05. The number of hydrogen-bond donors (Lipinski definition) is 3. The minimum absolute atomic E-state index is 0.120. The first-order valence-corrected chi connectivity index (χ1v) is 4.75. The Bertz CT molecular complexity index is 486. The van der Waals surface area contributed by atoms with E-state index in [4.69, 9.17) is 11.5 Å². The monoisotopic (exact) mass is 261 g/mol. The van der Waals surface area contributed by atoms with Gasteiger partial charge in [0.25, 0.3) is 5.91 Å². The maximum Gasteiger partial charge on any atom is 0.416 e. The van der Waals surface area contributed by atoms with Crippen LogP contribution in [0.15, 0.2) is 18.2 Å². The van der Waals surface area contributed by atoms with Gasteiger partial charge in [-0.15, -0.1) is 0 Å². The number of hydrogen-bond acceptors (Lipinski definition) is 3. The van der Waals surface area contributed by atoms with Crippen LogP contribution in [-0.2, 0) is 11.0 Å². The molecule has 0 unspecified atom stereocenters. The van der Waals surface area contributed by atoms with E-state index in [2.05, 4.69) is 5.32 Å². The number of benzene rings is 1. The van der Waals surface area contributed by atoms with Crippen molar-refractivity contribution in [3.8, 4) is 0 Å². The van der Waals surface area contributed by atoms with Gasteiger partial charge in [-0.25, -0.2) is 0 Å². The molecule has 2 amide bonds. The average molecular weight is 261 g/mol. The van der Waals surface area contributed by atoms with Crippen LogP contribution in [0.2, 0.25) is 0 Å². The summed E-state index contributed by atoms with van der Waals surface area (Å²) in [5.41, 5.74) is 8.71. The van der Waals surface area contributed by atoms with Crippen molar-refractivity contribution in [3.05, 3.63) is 29.3 Å². The van der Waals surface area contributed by atoms with Crippen molar-refractivity contribution in [1.29, 1.82) is 0 Å². The quantitative estimate of drug-likeness (QED) is 0.691. The van der Waals surface area contributed by atoms with Crippen molar-refractivity contribution < 1.29 is 22.8 Å². The Kier molecular flexibility index (Phi) is 3.79. The summed E-state index contributed by atoms with van der Waals surface area (Å²) in [5.74, 6) is -1.70. The van der Waals surface area contributed by atoms with Crippen LogP contribution in [0.5, 0.6) is 0 Å². The summed E-state index contributed by atoms with van der Waals surface area (Å²) in [6.07, 6.45) is -4.58. The zero-order chi connectivity index (χ0) is 13.9. The molecule has 1 aromatic rings. The molecule has 0 heterocycles. The van der Waals surface area contributed by atoms with Crippen molar-refractivity contribution >= 4 is 17.5 Å². The molecule has 0 fully saturated rings. The number of primary amides is 1. The normalized spacial score (nSPS) is 11.1. The summed E-state index contributed by atoms with van der Waals surface area (Å²) in [5, 5.41) is 2.06. The first kappa shape index (κ1) is 13.8. The summed E-state index contributed by atoms with van der Waals surface area (Å²) < 4.78 is 37.3. The van der Waals surface area contributed by atoms with E-state index in [1.165, 1.54) is 0 Å². The fraction of sp³-hybridized carbons (Fsp3) is 0.200. The summed E-state index contributed by atoms with van der Waals surface area (Å²) in [6, 6.07) is 2.36. The molecule has 0 aliphatic carbocycles. The molecule has 0 radical (unpaired) electrons. The SMILES string of the molecule is NC(=O)CNC(=O)c1cc(C(F)(F)F)ccc1N. The summed E-state index contributed by atoms with van der Waals surface area (Å²) in [6.45, 7) is -0.478. The molecule has 98 valence electrons. The lowest BCUT2D eigenvalue weighted by molar-refractivity contribution is -0.137. The second-order valence-electron chi connectivity index (χ2n) is 3.45. The lowest BCUT2D eigenvalue weighted by Crippen LogP contribution is -2.33. The van der Waals surface area contributed by atoms with Gasteiger partial charge in [-0.2, -0.15) is 13.2 Å². The van der Waals surface area contributed by atoms with Gasteiger partial charge in [0, 0.05) is 5.69 Å². The minimum Gasteiger partial charge on any atom is -0.398 e. The van der Waals surface area contributed by atoms with Gasteiger partial charge >= 0.3 is 6.18 Å². The smallest absolute Gasteiger partial charge is 0.398 e. The molecule has 18 heavy (non-hydrogen) atoms. The van der Waals surface area contributed by atoms with E-state index < -0.39 is 30.1 Å². The highest BCUT2D eigenvalue weighted by Gasteiger charge is 2.31. The van der Waals surface area contributed by atoms with Gasteiger partial charge in [-0.05, 0) is 18.2 Å². The Morgan fingerprint density at radius 2 is 1.89 bits per heavy atom. The van der Waals surface area contributed by atoms with Crippen molar-refractivity contribution in [2.75, 3.05) is 12.3 Å². The molecular formula is C10H10F3N3O2. The van der Waals surface area contributed by atoms with Gasteiger partial charge in [0.05, 0.1) is 17.7 Å². The van der Waals surface area contributed by atoms with E-state index in [1.807, 2.05) is 0 Å². The van der Waals surface area contributed by atoms with Crippen molar-refractivity contribution in [3.63, 3.8) is 0 Å². The molecule has 8 heteroatoms. The molecular weight excluding hydrogens is 251 g/mol. The third-order valence-electron chi connectivity index (χ3n) is 2.05. The van der Waals surface area contributed by atoms with Crippen LogP contribution in [0.3, 0.4) is 0 Å². The molecule has 0 saturated heterocycles. The molecule has 0 spiro atoms. The summed E-state index contributed by atoms with van der Waals surface area (Å²) >= 11 is 0. The lowest BCUT2D eigenvalue weighted by atomic mass is 10.1. The van der Waals surface area contributed by atoms with Crippen LogP contribution in [0.1, 0.15) is 15.9 Å². The fourth-order valence-electron chi connectivity index (χ4n) is 1.19. The predicted molar refractivity (Wildman–Crippen MR) is 57.4 cm³/mol. The van der Waals surface area contributed by atoms with E-state index in [9.17, 15) is 22.8 Å². The number of alkyl halides is 3. The number of carbonyl (C=O) groups excluding carboxylic acids is 2. The maximum absolute atomic E-state index is 12.4. The molecule has 0 bridgehead atoms. The Hall–Kier alpha value is -2.25. The number of nitrogen functional groups attached to an aromatic ring is 1. The zero-order valence-electron chi connectivity index (χ0n) is 9.04. The highest BCUT2D eigenvalue weighted by molar-refractivity contribution is 6.00. The maximum atomic E-state index is 12.4. The molecule has 0 saturated carbocycles. The molecule has 5 nitrogen and oxygen atoms in total. The van der Waals surface area contributed by atoms with Crippen LogP contribution in [0, 0.1) is 0 Å². The van der Waals surface area contributed by atoms with Gasteiger partial charge in [-0.3, -0.25) is 9.59 Å². The minimum atomic E-state index is -4.58. The zero-order valence-corrected chi connectivity index (χ0v) is 9.04. The van der Waals surface area contributed by atoms with Crippen LogP contribution in [0.25, 0.3) is 0 Å². The van der Waals surface area contributed by atoms with Crippen molar-refractivity contribution in [2.24, 2.45) is 5.73 Å². The van der Waals surface area contributed by atoms with Crippen molar-refractivity contribution in [1.82, 2.24) is 5.32 Å². The highest BCUT2D eigenvalue weighted by atomic mass is 19.4. The van der Waals surface area contributed by atoms with E-state index in [1.54, 1.807) is 0 Å². The lowest BCUT2D eigenvalue weighted by Gasteiger charge is -2.10. The first-order chi connectivity index (χ1) is 8.21. The van der Waals surface area contributed by atoms with Gasteiger partial charge < -0.3 is 16.8 Å². The van der Waals surface area contributed by atoms with Gasteiger partial charge in [-0.1, -0.05) is 0 Å². The number of amides is 2. The predicted octanol–water partition coefficient (Wildman–Crippen LogP) is 0.503. The highest BCUT2D eigenvalue weighted by Crippen LogP contribution is 2.31. The van der Waals surface area contributed by atoms with Crippen LogP contribution in [-0.4, -0.2) is 18.4 Å². The number of nitrogens with two attached hydrogens (primary N) is 2. The Morgan fingerprint density at radius 3 is 2.39 bits per heavy atom. The number of carbonyl (C=O) groups is 2. The van der Waals surface area contributed by atoms with E-state index >= 15 is 0 Å². The third kappa shape index (κ3) is 3.37. The molecule has 0 aliphatic heterocycles. The topological polar surface area (TPSA) is 98.2 Å². The largest absolute Gasteiger partial charge is 0.416 e. The van der Waals surface area contributed by atoms with Crippen LogP contribution < -0.4 is 16.8 Å². The Morgan fingerprint density at radius 1 is 1.28 bits per heavy atom. The van der Waals surface area contributed by atoms with Crippen LogP contribution >= 0.6 is 0 Å². The number of rotatable bonds is 3. The molecule has 0 aliphatic rings. The van der Waals surface area contributed by atoms with Gasteiger partial charge in [0.2, 0.25) is 5.91 Å². The number of halogens is 3. The summed E-state index contributed by atoms with van der Waals surface area (Å²) in [4.78, 5) is 21.9. The van der Waals surface area contributed by atoms with E-state index in [-0.39, 0.29) is 11.3 Å². The second-order valence-corrected chi connectivity index (χ2v) is 3.45. The molecule has 0 aromatic heterocycles. The summed E-state index contributed by atoms with van der Waals surface area (Å²) in [7, 11) is 0. The average Bonchev–Trinajstić information content (AvgIpc) is 2.24. The second kappa shape index (κ2) is 4.94. The first-order valence-electron chi connectivity index (χ1n) is 4.75. The van der Waals surface area contributed by atoms with E-state index in [0.29, 0.717) is 6.07 Å². The van der Waals surface area contributed by atoms with E-state index in [0.717, 1.165) is 12.1 Å². The Balaban J connectivity index is 3.01. The molecule has 1 rings (SSSR count). The van der Waals surface area contributed by atoms with Gasteiger partial charge in [0.15, 0.2) is 0 Å². The standard InChI is InChI=1S/C10H10F3N3O2/c11-10(12,13)5-1-2-7(14)6(3-5)9(18)16-4-8(15)17/h1-3H,4,14H2,(H2,15,17)(H,16,18). The number of anilines is 1. The molecule has 1 aromatic carbocycles. The van der Waals surface area contributed by atoms with Gasteiger partial charge in [0.1, 0.15) is 0 Å².